The van der Waals surface area contributed by atoms with Crippen LogP contribution in [0.4, 0.5) is 0 Å². The van der Waals surface area contributed by atoms with E-state index in [1.54, 1.807) is 0 Å². The van der Waals surface area contributed by atoms with Crippen molar-refractivity contribution >= 4 is 28.0 Å². The van der Waals surface area contributed by atoms with Crippen LogP contribution in [-0.2, 0) is 24.2 Å². The molecule has 0 N–H and O–H groups in total. The van der Waals surface area contributed by atoms with E-state index in [0.29, 0.717) is 5.92 Å². The van der Waals surface area contributed by atoms with E-state index in [1.807, 2.05) is 6.08 Å². The van der Waals surface area contributed by atoms with Crippen LogP contribution < -0.4 is 0 Å². The minimum absolute atomic E-state index is 0. The molecule has 0 aromatic heterocycles. The zero-order valence-corrected chi connectivity index (χ0v) is 22.2. The summed E-state index contributed by atoms with van der Waals surface area (Å²) in [6.45, 7) is 8.43. The van der Waals surface area contributed by atoms with Gasteiger partial charge in [0.2, 0.25) is 0 Å². The van der Waals surface area contributed by atoms with Gasteiger partial charge in [0.05, 0.1) is 0 Å². The third-order valence-corrected chi connectivity index (χ3v) is 5.74. The third-order valence-electron chi connectivity index (χ3n) is 4.32. The van der Waals surface area contributed by atoms with Gasteiger partial charge in [0.15, 0.2) is 0 Å². The van der Waals surface area contributed by atoms with E-state index in [0.717, 1.165) is 6.42 Å². The third kappa shape index (κ3) is 10.7. The van der Waals surface area contributed by atoms with E-state index >= 15 is 0 Å². The van der Waals surface area contributed by atoms with Crippen molar-refractivity contribution in [3.8, 4) is 0 Å². The SMILES string of the molecule is CC1=CC(C)[C-]=C1.CC1=[C-]CC(C)=C1.Cl.Cl.[Zr+2]=[C](c1ccccc1)c1ccccc1. The van der Waals surface area contributed by atoms with Crippen molar-refractivity contribution in [3.63, 3.8) is 0 Å². The van der Waals surface area contributed by atoms with Gasteiger partial charge < -0.3 is 0 Å². The summed E-state index contributed by atoms with van der Waals surface area (Å²) in [5.41, 5.74) is 6.72. The predicted molar refractivity (Wildman–Crippen MR) is 132 cm³/mol. The van der Waals surface area contributed by atoms with Crippen LogP contribution in [0.5, 0.6) is 0 Å². The van der Waals surface area contributed by atoms with Crippen molar-refractivity contribution in [3.05, 3.63) is 119 Å². The van der Waals surface area contributed by atoms with Gasteiger partial charge in [-0.15, -0.1) is 38.2 Å². The monoisotopic (exact) mass is 514 g/mol. The summed E-state index contributed by atoms with van der Waals surface area (Å²) in [7, 11) is 0. The quantitative estimate of drug-likeness (QED) is 0.359. The maximum atomic E-state index is 3.19. The van der Waals surface area contributed by atoms with Crippen molar-refractivity contribution in [1.29, 1.82) is 0 Å². The van der Waals surface area contributed by atoms with Crippen LogP contribution in [0.1, 0.15) is 45.2 Å². The average Bonchev–Trinajstić information content (AvgIpc) is 3.29. The molecule has 2 aliphatic carbocycles. The van der Waals surface area contributed by atoms with Crippen LogP contribution in [-0.4, -0.2) is 3.21 Å². The molecule has 0 amide bonds. The molecule has 0 bridgehead atoms. The maximum absolute atomic E-state index is 3.19. The summed E-state index contributed by atoms with van der Waals surface area (Å²) in [5.74, 6) is 0.556. The van der Waals surface area contributed by atoms with Crippen LogP contribution >= 0.6 is 24.8 Å². The average molecular weight is 517 g/mol. The van der Waals surface area contributed by atoms with Crippen LogP contribution in [0.15, 0.2) is 95.6 Å². The molecule has 4 rings (SSSR count). The van der Waals surface area contributed by atoms with Gasteiger partial charge in [-0.2, -0.15) is 11.6 Å². The molecule has 0 saturated carbocycles. The number of hydrogen-bond donors (Lipinski definition) is 0. The van der Waals surface area contributed by atoms with Gasteiger partial charge in [-0.3, -0.25) is 12.2 Å². The van der Waals surface area contributed by atoms with Crippen molar-refractivity contribution in [1.82, 2.24) is 0 Å². The molecule has 0 fully saturated rings. The Balaban J connectivity index is 0.000000448. The standard InChI is InChI=1S/C13H10.2C7H9.2ClH.Zr/c1-3-7-12(8-4-1)11-13-9-5-2-6-10-13;2*1-6-3-4-7(2)5-6;;;/h1-10H;5H,3H2,1-2H3;3,5,7H,1-2H3;2*1H;/q;2*-1;;;+2. The molecule has 0 saturated heterocycles. The molecule has 0 nitrogen and oxygen atoms in total. The van der Waals surface area contributed by atoms with Gasteiger partial charge in [0, 0.05) is 0 Å². The summed E-state index contributed by atoms with van der Waals surface area (Å²) in [6.07, 6.45) is 13.8. The number of rotatable bonds is 2. The second kappa shape index (κ2) is 15.5. The first-order valence-electron chi connectivity index (χ1n) is 9.67. The van der Waals surface area contributed by atoms with E-state index < -0.39 is 0 Å². The first-order chi connectivity index (χ1) is 13.5. The van der Waals surface area contributed by atoms with Gasteiger partial charge in [-0.05, 0) is 0 Å². The van der Waals surface area contributed by atoms with Crippen molar-refractivity contribution < 1.29 is 24.2 Å². The first-order valence-corrected chi connectivity index (χ1v) is 10.9. The van der Waals surface area contributed by atoms with Gasteiger partial charge in [0.25, 0.3) is 0 Å². The molecule has 2 aromatic carbocycles. The molecule has 156 valence electrons. The van der Waals surface area contributed by atoms with E-state index in [4.69, 9.17) is 0 Å². The topological polar surface area (TPSA) is 0 Å². The van der Waals surface area contributed by atoms with Crippen LogP contribution in [0.3, 0.4) is 0 Å². The number of halogens is 2. The van der Waals surface area contributed by atoms with Crippen molar-refractivity contribution in [2.45, 2.75) is 34.1 Å². The second-order valence-electron chi connectivity index (χ2n) is 7.14. The van der Waals surface area contributed by atoms with Gasteiger partial charge >= 0.3 is 99.2 Å². The van der Waals surface area contributed by atoms with Crippen LogP contribution in [0.2, 0.25) is 0 Å². The summed E-state index contributed by atoms with van der Waals surface area (Å²) >= 11 is 1.46. The zero-order chi connectivity index (χ0) is 20.4. The molecule has 0 heterocycles. The first kappa shape index (κ1) is 28.7. The van der Waals surface area contributed by atoms with Gasteiger partial charge in [0.1, 0.15) is 0 Å². The normalized spacial score (nSPS) is 15.7. The molecule has 1 unspecified atom stereocenters. The summed E-state index contributed by atoms with van der Waals surface area (Å²) in [4.78, 5) is 0. The van der Waals surface area contributed by atoms with E-state index in [2.05, 4.69) is 113 Å². The fourth-order valence-electron chi connectivity index (χ4n) is 2.88. The summed E-state index contributed by atoms with van der Waals surface area (Å²) in [5, 5.41) is 0. The van der Waals surface area contributed by atoms with Crippen molar-refractivity contribution in [2.75, 3.05) is 0 Å². The Morgan fingerprint density at radius 1 is 0.867 bits per heavy atom. The molecule has 2 aliphatic rings. The van der Waals surface area contributed by atoms with Crippen molar-refractivity contribution in [2.24, 2.45) is 5.92 Å². The number of allylic oxidation sites excluding steroid dienone is 8. The minimum atomic E-state index is 0. The fraction of sp³-hybridized carbons (Fsp3) is 0.222. The molecule has 3 heteroatoms. The molecule has 0 radical (unpaired) electrons. The molecule has 0 aliphatic heterocycles. The Labute approximate surface area is 210 Å². The molecule has 30 heavy (non-hydrogen) atoms. The zero-order valence-electron chi connectivity index (χ0n) is 18.1. The van der Waals surface area contributed by atoms with Gasteiger partial charge in [-0.25, -0.2) is 23.3 Å². The van der Waals surface area contributed by atoms with Crippen LogP contribution in [0.25, 0.3) is 0 Å². The molecule has 1 atom stereocenters. The Morgan fingerprint density at radius 2 is 1.37 bits per heavy atom. The second-order valence-corrected chi connectivity index (χ2v) is 8.37. The summed E-state index contributed by atoms with van der Waals surface area (Å²) in [6, 6.07) is 21.1. The molecule has 0 spiro atoms. The Bertz CT molecular complexity index is 849. The molecular formula is C27H30Cl2Zr. The Kier molecular flexibility index (Phi) is 14.9. The Hall–Kier alpha value is -1.27. The summed E-state index contributed by atoms with van der Waals surface area (Å²) < 4.78 is 1.42. The fourth-order valence-corrected chi connectivity index (χ4v) is 3.70. The van der Waals surface area contributed by atoms with Gasteiger partial charge in [-0.1, -0.05) is 26.7 Å². The van der Waals surface area contributed by atoms with E-state index in [9.17, 15) is 0 Å². The van der Waals surface area contributed by atoms with E-state index in [1.165, 1.54) is 55.3 Å². The molecule has 2 aromatic rings. The molecular weight excluding hydrogens is 486 g/mol. The predicted octanol–water partition coefficient (Wildman–Crippen LogP) is 7.67. The van der Waals surface area contributed by atoms with E-state index in [-0.39, 0.29) is 24.8 Å². The number of benzene rings is 2. The number of hydrogen-bond acceptors (Lipinski definition) is 0. The Morgan fingerprint density at radius 3 is 1.60 bits per heavy atom. The van der Waals surface area contributed by atoms with Crippen LogP contribution in [0, 0.1) is 18.1 Å².